The third-order valence-corrected chi connectivity index (χ3v) is 4.43. The number of hydrogen-bond acceptors (Lipinski definition) is 3. The van der Waals surface area contributed by atoms with Crippen molar-refractivity contribution in [1.82, 2.24) is 10.2 Å². The lowest BCUT2D eigenvalue weighted by Gasteiger charge is -2.32. The van der Waals surface area contributed by atoms with Crippen molar-refractivity contribution < 1.29 is 14.0 Å². The van der Waals surface area contributed by atoms with Crippen molar-refractivity contribution in [1.29, 1.82) is 0 Å². The summed E-state index contributed by atoms with van der Waals surface area (Å²) in [6.45, 7) is 10.4. The van der Waals surface area contributed by atoms with Crippen molar-refractivity contribution in [2.45, 2.75) is 66.0 Å². The monoisotopic (exact) mass is 320 g/mol. The highest BCUT2D eigenvalue weighted by molar-refractivity contribution is 5.87. The highest BCUT2D eigenvalue weighted by Crippen LogP contribution is 2.34. The van der Waals surface area contributed by atoms with Crippen LogP contribution >= 0.6 is 0 Å². The predicted molar refractivity (Wildman–Crippen MR) is 88.8 cm³/mol. The zero-order chi connectivity index (χ0) is 17.2. The Balaban J connectivity index is 2.18. The summed E-state index contributed by atoms with van der Waals surface area (Å²) < 4.78 is 5.86. The number of furan rings is 1. The number of aryl methyl sites for hydroxylation is 1. The fourth-order valence-corrected chi connectivity index (χ4v) is 3.11. The van der Waals surface area contributed by atoms with E-state index >= 15 is 0 Å². The Morgan fingerprint density at radius 1 is 1.39 bits per heavy atom. The van der Waals surface area contributed by atoms with E-state index in [2.05, 4.69) is 26.1 Å². The molecule has 1 aliphatic heterocycles. The van der Waals surface area contributed by atoms with Gasteiger partial charge in [0.25, 0.3) is 0 Å². The van der Waals surface area contributed by atoms with Crippen molar-refractivity contribution in [3.05, 3.63) is 23.7 Å². The van der Waals surface area contributed by atoms with Gasteiger partial charge in [-0.15, -0.1) is 0 Å². The first-order valence-corrected chi connectivity index (χ1v) is 8.40. The van der Waals surface area contributed by atoms with Gasteiger partial charge in [-0.2, -0.15) is 0 Å². The van der Waals surface area contributed by atoms with Crippen LogP contribution in [0.1, 0.15) is 65.0 Å². The smallest absolute Gasteiger partial charge is 0.243 e. The van der Waals surface area contributed by atoms with Gasteiger partial charge in [-0.3, -0.25) is 9.59 Å². The lowest BCUT2D eigenvalue weighted by molar-refractivity contribution is -0.137. The molecule has 2 amide bonds. The van der Waals surface area contributed by atoms with Gasteiger partial charge in [0.2, 0.25) is 11.8 Å². The van der Waals surface area contributed by atoms with Crippen molar-refractivity contribution in [3.8, 4) is 0 Å². The van der Waals surface area contributed by atoms with E-state index in [9.17, 15) is 9.59 Å². The summed E-state index contributed by atoms with van der Waals surface area (Å²) in [7, 11) is 0. The van der Waals surface area contributed by atoms with Crippen LogP contribution in [0, 0.1) is 5.41 Å². The van der Waals surface area contributed by atoms with Gasteiger partial charge in [-0.25, -0.2) is 0 Å². The van der Waals surface area contributed by atoms with Gasteiger partial charge in [0, 0.05) is 19.9 Å². The third kappa shape index (κ3) is 3.95. The molecule has 23 heavy (non-hydrogen) atoms. The molecule has 1 N–H and O–H groups in total. The highest BCUT2D eigenvalue weighted by Gasteiger charge is 2.37. The fraction of sp³-hybridized carbons (Fsp3) is 0.667. The lowest BCUT2D eigenvalue weighted by atomic mass is 9.85. The maximum atomic E-state index is 12.7. The summed E-state index contributed by atoms with van der Waals surface area (Å²) in [6, 6.07) is 3.31. The largest absolute Gasteiger partial charge is 0.464 e. The van der Waals surface area contributed by atoms with Crippen LogP contribution in [0.5, 0.6) is 0 Å². The van der Waals surface area contributed by atoms with Crippen LogP contribution < -0.4 is 5.32 Å². The third-order valence-electron chi connectivity index (χ3n) is 4.43. The van der Waals surface area contributed by atoms with Crippen LogP contribution in [0.3, 0.4) is 0 Å². The number of amides is 2. The molecule has 2 atom stereocenters. The van der Waals surface area contributed by atoms with Crippen LogP contribution in [0.4, 0.5) is 0 Å². The molecule has 1 fully saturated rings. The Morgan fingerprint density at radius 2 is 2.09 bits per heavy atom. The van der Waals surface area contributed by atoms with Gasteiger partial charge in [-0.1, -0.05) is 27.7 Å². The van der Waals surface area contributed by atoms with E-state index in [1.165, 1.54) is 6.92 Å². The van der Waals surface area contributed by atoms with E-state index in [1.807, 2.05) is 19.1 Å². The minimum Gasteiger partial charge on any atom is -0.464 e. The first-order valence-electron chi connectivity index (χ1n) is 8.40. The molecule has 0 unspecified atom stereocenters. The van der Waals surface area contributed by atoms with E-state index in [1.54, 1.807) is 4.90 Å². The fourth-order valence-electron chi connectivity index (χ4n) is 3.11. The molecule has 5 heteroatoms. The summed E-state index contributed by atoms with van der Waals surface area (Å²) in [4.78, 5) is 26.1. The molecular weight excluding hydrogens is 292 g/mol. The van der Waals surface area contributed by atoms with E-state index in [4.69, 9.17) is 4.42 Å². The molecule has 0 radical (unpaired) electrons. The van der Waals surface area contributed by atoms with E-state index < -0.39 is 0 Å². The van der Waals surface area contributed by atoms with Gasteiger partial charge in [0.15, 0.2) is 0 Å². The van der Waals surface area contributed by atoms with Gasteiger partial charge in [0.05, 0.1) is 6.04 Å². The number of carbonyl (C=O) groups excluding carboxylic acids is 2. The summed E-state index contributed by atoms with van der Waals surface area (Å²) in [5, 5.41) is 3.11. The lowest BCUT2D eigenvalue weighted by Crippen LogP contribution is -2.48. The van der Waals surface area contributed by atoms with Crippen LogP contribution in [-0.2, 0) is 16.0 Å². The maximum absolute atomic E-state index is 12.7. The molecule has 128 valence electrons. The Morgan fingerprint density at radius 3 is 2.61 bits per heavy atom. The molecular formula is C18H28N2O3. The number of nitrogens with one attached hydrogen (secondary N) is 1. The molecule has 2 rings (SSSR count). The molecule has 1 aromatic heterocycles. The minimum absolute atomic E-state index is 0.0405. The van der Waals surface area contributed by atoms with E-state index in [-0.39, 0.29) is 29.3 Å². The highest BCUT2D eigenvalue weighted by atomic mass is 16.3. The van der Waals surface area contributed by atoms with Gasteiger partial charge >= 0.3 is 0 Å². The molecule has 5 nitrogen and oxygen atoms in total. The first-order chi connectivity index (χ1) is 10.7. The van der Waals surface area contributed by atoms with Crippen LogP contribution in [-0.4, -0.2) is 29.3 Å². The first kappa shape index (κ1) is 17.6. The standard InChI is InChI=1S/C18H28N2O3/c1-6-13-9-10-15(23-13)16(18(3,4)5)19-17(22)14-8-7-11-20(14)12(2)21/h9-10,14,16H,6-8,11H2,1-5H3,(H,19,22)/t14-,16+/m1/s1. The Kier molecular flexibility index (Phi) is 5.17. The molecule has 0 aromatic carbocycles. The second-order valence-corrected chi connectivity index (χ2v) is 7.34. The van der Waals surface area contributed by atoms with Crippen molar-refractivity contribution in [3.63, 3.8) is 0 Å². The summed E-state index contributed by atoms with van der Waals surface area (Å²) >= 11 is 0. The topological polar surface area (TPSA) is 62.6 Å². The molecule has 2 heterocycles. The average molecular weight is 320 g/mol. The average Bonchev–Trinajstić information content (AvgIpc) is 3.11. The quantitative estimate of drug-likeness (QED) is 0.927. The number of nitrogens with zero attached hydrogens (tertiary/aromatic N) is 1. The maximum Gasteiger partial charge on any atom is 0.243 e. The Labute approximate surface area is 138 Å². The molecule has 0 bridgehead atoms. The predicted octanol–water partition coefficient (Wildman–Crippen LogP) is 3.06. The summed E-state index contributed by atoms with van der Waals surface area (Å²) in [6.07, 6.45) is 2.42. The van der Waals surface area contributed by atoms with Crippen LogP contribution in [0.25, 0.3) is 0 Å². The molecule has 1 aliphatic rings. The van der Waals surface area contributed by atoms with Crippen LogP contribution in [0.15, 0.2) is 16.5 Å². The molecule has 1 saturated heterocycles. The van der Waals surface area contributed by atoms with Crippen molar-refractivity contribution in [2.75, 3.05) is 6.54 Å². The number of likely N-dealkylation sites (tertiary alicyclic amines) is 1. The molecule has 1 aromatic rings. The number of hydrogen-bond donors (Lipinski definition) is 1. The van der Waals surface area contributed by atoms with Gasteiger partial charge in [-0.05, 0) is 30.4 Å². The van der Waals surface area contributed by atoms with Crippen molar-refractivity contribution in [2.24, 2.45) is 5.41 Å². The SMILES string of the molecule is CCc1ccc([C@H](NC(=O)[C@H]2CCCN2C(C)=O)C(C)(C)C)o1. The molecule has 0 saturated carbocycles. The number of carbonyl (C=O) groups is 2. The second-order valence-electron chi connectivity index (χ2n) is 7.34. The normalized spacial score (nSPS) is 19.7. The zero-order valence-electron chi connectivity index (χ0n) is 14.8. The minimum atomic E-state index is -0.363. The molecule has 0 spiro atoms. The van der Waals surface area contributed by atoms with Gasteiger partial charge < -0.3 is 14.6 Å². The summed E-state index contributed by atoms with van der Waals surface area (Å²) in [5.41, 5.74) is -0.182. The Bertz CT molecular complexity index is 571. The summed E-state index contributed by atoms with van der Waals surface area (Å²) in [5.74, 6) is 1.55. The van der Waals surface area contributed by atoms with E-state index in [0.717, 1.165) is 30.8 Å². The number of rotatable bonds is 4. The van der Waals surface area contributed by atoms with Gasteiger partial charge in [0.1, 0.15) is 17.6 Å². The Hall–Kier alpha value is -1.78. The van der Waals surface area contributed by atoms with E-state index in [0.29, 0.717) is 6.54 Å². The van der Waals surface area contributed by atoms with Crippen molar-refractivity contribution >= 4 is 11.8 Å². The zero-order valence-corrected chi connectivity index (χ0v) is 14.8. The second kappa shape index (κ2) is 6.77. The molecule has 0 aliphatic carbocycles. The van der Waals surface area contributed by atoms with Crippen LogP contribution in [0.2, 0.25) is 0 Å².